The van der Waals surface area contributed by atoms with Crippen molar-refractivity contribution in [1.29, 1.82) is 0 Å². The Morgan fingerprint density at radius 1 is 0.923 bits per heavy atom. The van der Waals surface area contributed by atoms with Crippen molar-refractivity contribution in [3.05, 3.63) is 12.7 Å². The minimum absolute atomic E-state index is 0.432. The fourth-order valence-corrected chi connectivity index (χ4v) is 0.433. The van der Waals surface area contributed by atoms with E-state index < -0.39 is 0 Å². The molecular formula is C13H28. The van der Waals surface area contributed by atoms with E-state index in [0.717, 1.165) is 6.42 Å². The van der Waals surface area contributed by atoms with Gasteiger partial charge in [-0.25, -0.2) is 0 Å². The second-order valence-electron chi connectivity index (χ2n) is 5.97. The second-order valence-corrected chi connectivity index (χ2v) is 5.97. The molecule has 0 unspecified atom stereocenters. The Bertz CT molecular complexity index is 118. The topological polar surface area (TPSA) is 0 Å². The van der Waals surface area contributed by atoms with Gasteiger partial charge in [-0.2, -0.15) is 0 Å². The molecule has 0 spiro atoms. The predicted octanol–water partition coefficient (Wildman–Crippen LogP) is 5.05. The van der Waals surface area contributed by atoms with Gasteiger partial charge in [-0.3, -0.25) is 0 Å². The third-order valence-electron chi connectivity index (χ3n) is 1.82. The van der Waals surface area contributed by atoms with Crippen LogP contribution in [0.4, 0.5) is 0 Å². The molecule has 80 valence electrons. The zero-order valence-electron chi connectivity index (χ0n) is 10.7. The lowest BCUT2D eigenvalue weighted by atomic mass is 9.93. The molecular weight excluding hydrogens is 156 g/mol. The van der Waals surface area contributed by atoms with Crippen molar-refractivity contribution >= 4 is 0 Å². The standard InChI is InChI=1S/C7H14.C6H14/c1-5-6-7(2,3)4;1-5-6(2,3)4/h5H,1,6H2,2-4H3;5H2,1-4H3. The Labute approximate surface area is 85.4 Å². The van der Waals surface area contributed by atoms with E-state index in [9.17, 15) is 0 Å². The minimum atomic E-state index is 0.432. The highest BCUT2D eigenvalue weighted by Crippen LogP contribution is 2.17. The van der Waals surface area contributed by atoms with Crippen molar-refractivity contribution in [2.45, 2.75) is 61.3 Å². The summed E-state index contributed by atoms with van der Waals surface area (Å²) >= 11 is 0. The van der Waals surface area contributed by atoms with Crippen molar-refractivity contribution in [3.8, 4) is 0 Å². The van der Waals surface area contributed by atoms with Gasteiger partial charge >= 0.3 is 0 Å². The first-order valence-electron chi connectivity index (χ1n) is 5.23. The average Bonchev–Trinajstić information content (AvgIpc) is 1.84. The summed E-state index contributed by atoms with van der Waals surface area (Å²) in [5, 5.41) is 0. The number of rotatable bonds is 1. The second kappa shape index (κ2) is 6.23. The summed E-state index contributed by atoms with van der Waals surface area (Å²) in [5.41, 5.74) is 0.974. The lowest BCUT2D eigenvalue weighted by molar-refractivity contribution is 0.398. The van der Waals surface area contributed by atoms with E-state index >= 15 is 0 Å². The molecule has 0 bridgehead atoms. The normalized spacial score (nSPS) is 11.6. The molecule has 0 saturated carbocycles. The van der Waals surface area contributed by atoms with Crippen molar-refractivity contribution in [2.24, 2.45) is 10.8 Å². The van der Waals surface area contributed by atoms with E-state index in [2.05, 4.69) is 55.0 Å². The van der Waals surface area contributed by atoms with Crippen LogP contribution in [0.2, 0.25) is 0 Å². The highest BCUT2D eigenvalue weighted by atomic mass is 14.1. The van der Waals surface area contributed by atoms with Gasteiger partial charge in [0, 0.05) is 0 Å². The molecule has 0 amide bonds. The molecule has 0 aliphatic rings. The number of hydrogen-bond acceptors (Lipinski definition) is 0. The first-order chi connectivity index (χ1) is 5.62. The highest BCUT2D eigenvalue weighted by Gasteiger charge is 2.04. The third kappa shape index (κ3) is 24.5. The van der Waals surface area contributed by atoms with E-state index in [1.165, 1.54) is 6.42 Å². The van der Waals surface area contributed by atoms with Crippen LogP contribution in [0.15, 0.2) is 12.7 Å². The summed E-state index contributed by atoms with van der Waals surface area (Å²) in [6.45, 7) is 19.2. The number of hydrogen-bond donors (Lipinski definition) is 0. The van der Waals surface area contributed by atoms with Crippen LogP contribution >= 0.6 is 0 Å². The van der Waals surface area contributed by atoms with Gasteiger partial charge < -0.3 is 0 Å². The van der Waals surface area contributed by atoms with Crippen molar-refractivity contribution in [2.75, 3.05) is 0 Å². The average molecular weight is 184 g/mol. The summed E-state index contributed by atoms with van der Waals surface area (Å²) in [7, 11) is 0. The van der Waals surface area contributed by atoms with Crippen LogP contribution in [0.1, 0.15) is 61.3 Å². The van der Waals surface area contributed by atoms with E-state index in [1.807, 2.05) is 6.08 Å². The first-order valence-corrected chi connectivity index (χ1v) is 5.23. The molecule has 0 fully saturated rings. The van der Waals surface area contributed by atoms with Gasteiger partial charge in [0.1, 0.15) is 0 Å². The van der Waals surface area contributed by atoms with Gasteiger partial charge in [-0.15, -0.1) is 6.58 Å². The van der Waals surface area contributed by atoms with E-state index in [4.69, 9.17) is 0 Å². The van der Waals surface area contributed by atoms with Gasteiger partial charge in [0.2, 0.25) is 0 Å². The molecule has 0 radical (unpaired) electrons. The summed E-state index contributed by atoms with van der Waals surface area (Å²) in [4.78, 5) is 0. The van der Waals surface area contributed by atoms with Crippen LogP contribution in [0, 0.1) is 10.8 Å². The Morgan fingerprint density at radius 3 is 1.23 bits per heavy atom. The van der Waals surface area contributed by atoms with Crippen LogP contribution in [-0.2, 0) is 0 Å². The van der Waals surface area contributed by atoms with Crippen molar-refractivity contribution < 1.29 is 0 Å². The monoisotopic (exact) mass is 184 g/mol. The molecule has 0 nitrogen and oxygen atoms in total. The van der Waals surface area contributed by atoms with Crippen LogP contribution in [-0.4, -0.2) is 0 Å². The predicted molar refractivity (Wildman–Crippen MR) is 64.0 cm³/mol. The minimum Gasteiger partial charge on any atom is -0.103 e. The van der Waals surface area contributed by atoms with E-state index in [1.54, 1.807) is 0 Å². The zero-order chi connectivity index (χ0) is 11.1. The maximum absolute atomic E-state index is 3.65. The van der Waals surface area contributed by atoms with Gasteiger partial charge in [-0.1, -0.05) is 61.0 Å². The number of allylic oxidation sites excluding steroid dienone is 1. The fourth-order valence-electron chi connectivity index (χ4n) is 0.433. The Balaban J connectivity index is 0. The van der Waals surface area contributed by atoms with E-state index in [-0.39, 0.29) is 0 Å². The van der Waals surface area contributed by atoms with Crippen LogP contribution in [0.5, 0.6) is 0 Å². The van der Waals surface area contributed by atoms with E-state index in [0.29, 0.717) is 10.8 Å². The van der Waals surface area contributed by atoms with Crippen LogP contribution in [0.3, 0.4) is 0 Å². The highest BCUT2D eigenvalue weighted by molar-refractivity contribution is 4.75. The molecule has 0 heterocycles. The van der Waals surface area contributed by atoms with Gasteiger partial charge in [0.15, 0.2) is 0 Å². The Hall–Kier alpha value is -0.260. The molecule has 0 saturated heterocycles. The molecule has 0 aromatic rings. The maximum Gasteiger partial charge on any atom is -0.0304 e. The lowest BCUT2D eigenvalue weighted by Crippen LogP contribution is -2.01. The van der Waals surface area contributed by atoms with Gasteiger partial charge in [-0.05, 0) is 17.3 Å². The molecule has 0 aliphatic carbocycles. The maximum atomic E-state index is 3.65. The van der Waals surface area contributed by atoms with Gasteiger partial charge in [0.05, 0.1) is 0 Å². The molecule has 13 heavy (non-hydrogen) atoms. The zero-order valence-corrected chi connectivity index (χ0v) is 10.7. The molecule has 0 rings (SSSR count). The van der Waals surface area contributed by atoms with Crippen molar-refractivity contribution in [1.82, 2.24) is 0 Å². The Kier molecular flexibility index (Phi) is 7.30. The SMILES string of the molecule is C=CCC(C)(C)C.CCC(C)(C)C. The Morgan fingerprint density at radius 2 is 1.23 bits per heavy atom. The van der Waals surface area contributed by atoms with Gasteiger partial charge in [0.25, 0.3) is 0 Å². The molecule has 0 aromatic heterocycles. The van der Waals surface area contributed by atoms with Crippen molar-refractivity contribution in [3.63, 3.8) is 0 Å². The molecule has 0 N–H and O–H groups in total. The quantitative estimate of drug-likeness (QED) is 0.500. The first kappa shape index (κ1) is 15.2. The summed E-state index contributed by atoms with van der Waals surface area (Å²) < 4.78 is 0. The summed E-state index contributed by atoms with van der Waals surface area (Å²) in [6, 6.07) is 0. The third-order valence-corrected chi connectivity index (χ3v) is 1.82. The molecule has 0 atom stereocenters. The smallest absolute Gasteiger partial charge is 0.0304 e. The molecule has 0 aliphatic heterocycles. The lowest BCUT2D eigenvalue weighted by Gasteiger charge is -2.13. The van der Waals surface area contributed by atoms with Crippen LogP contribution < -0.4 is 0 Å². The summed E-state index contributed by atoms with van der Waals surface area (Å²) in [5.74, 6) is 0. The molecule has 0 aromatic carbocycles. The molecule has 0 heteroatoms. The van der Waals surface area contributed by atoms with Crippen LogP contribution in [0.25, 0.3) is 0 Å². The fraction of sp³-hybridized carbons (Fsp3) is 0.846. The largest absolute Gasteiger partial charge is 0.103 e. The summed E-state index contributed by atoms with van der Waals surface area (Å²) in [6.07, 6.45) is 4.33.